The van der Waals surface area contributed by atoms with Crippen LogP contribution in [0.3, 0.4) is 0 Å². The molecular weight excluding hydrogens is 431 g/mol. The topological polar surface area (TPSA) is 12.0 Å². The molecule has 0 heterocycles. The molecule has 0 aromatic heterocycles. The molecule has 2 aliphatic carbocycles. The zero-order chi connectivity index (χ0) is 25.4. The number of halogens is 3. The summed E-state index contributed by atoms with van der Waals surface area (Å²) in [6.45, 7) is 17.9. The van der Waals surface area contributed by atoms with E-state index in [0.29, 0.717) is 11.8 Å². The van der Waals surface area contributed by atoms with Gasteiger partial charge in [-0.25, -0.2) is 0 Å². The lowest BCUT2D eigenvalue weighted by Gasteiger charge is -2.64. The molecule has 0 radical (unpaired) electrons. The van der Waals surface area contributed by atoms with Gasteiger partial charge in [-0.15, -0.1) is 6.58 Å². The van der Waals surface area contributed by atoms with Crippen molar-refractivity contribution in [2.45, 2.75) is 58.7 Å². The Bertz CT molecular complexity index is 1010. The van der Waals surface area contributed by atoms with Crippen molar-refractivity contribution in [3.8, 4) is 0 Å². The van der Waals surface area contributed by atoms with Crippen LogP contribution in [0.5, 0.6) is 0 Å². The van der Waals surface area contributed by atoms with Crippen molar-refractivity contribution in [2.75, 3.05) is 7.05 Å². The lowest BCUT2D eigenvalue weighted by atomic mass is 9.42. The van der Waals surface area contributed by atoms with Crippen molar-refractivity contribution < 1.29 is 13.2 Å². The van der Waals surface area contributed by atoms with Crippen molar-refractivity contribution in [3.05, 3.63) is 90.1 Å². The molecule has 5 atom stereocenters. The van der Waals surface area contributed by atoms with Crippen LogP contribution < -0.4 is 5.32 Å². The highest BCUT2D eigenvalue weighted by Crippen LogP contribution is 2.64. The highest BCUT2D eigenvalue weighted by molar-refractivity contribution is 5.55. The van der Waals surface area contributed by atoms with Gasteiger partial charge in [0.1, 0.15) is 0 Å². The number of fused-ring (bicyclic) bond motifs is 1. The Hall–Kier alpha value is -2.33. The van der Waals surface area contributed by atoms with Crippen LogP contribution in [0.15, 0.2) is 78.9 Å². The Balaban J connectivity index is 2.05. The Morgan fingerprint density at radius 3 is 2.41 bits per heavy atom. The van der Waals surface area contributed by atoms with E-state index < -0.39 is 11.7 Å². The summed E-state index contributed by atoms with van der Waals surface area (Å²) in [5, 5.41) is 3.66. The van der Waals surface area contributed by atoms with Gasteiger partial charge in [-0.3, -0.25) is 0 Å². The lowest BCUT2D eigenvalue weighted by Crippen LogP contribution is -2.66. The summed E-state index contributed by atoms with van der Waals surface area (Å²) >= 11 is 0. The quantitative estimate of drug-likeness (QED) is 0.312. The second-order valence-corrected chi connectivity index (χ2v) is 10.6. The van der Waals surface area contributed by atoms with E-state index in [1.54, 1.807) is 0 Å². The molecule has 2 aliphatic rings. The lowest BCUT2D eigenvalue weighted by molar-refractivity contribution is -0.137. The van der Waals surface area contributed by atoms with E-state index in [-0.39, 0.29) is 16.4 Å². The number of rotatable bonds is 7. The Kier molecular flexibility index (Phi) is 7.24. The fourth-order valence-electron chi connectivity index (χ4n) is 6.40. The first-order chi connectivity index (χ1) is 15.8. The molecule has 0 saturated carbocycles. The maximum absolute atomic E-state index is 12.9. The third-order valence-electron chi connectivity index (χ3n) is 8.93. The van der Waals surface area contributed by atoms with Crippen LogP contribution in [0.25, 0.3) is 6.08 Å². The number of benzene rings is 1. The van der Waals surface area contributed by atoms with E-state index in [0.717, 1.165) is 42.5 Å². The third-order valence-corrected chi connectivity index (χ3v) is 8.93. The van der Waals surface area contributed by atoms with Crippen LogP contribution in [0.1, 0.15) is 58.1 Å². The summed E-state index contributed by atoms with van der Waals surface area (Å²) in [5.74, 6) is 0.815. The van der Waals surface area contributed by atoms with Gasteiger partial charge in [0.15, 0.2) is 0 Å². The van der Waals surface area contributed by atoms with E-state index in [1.165, 1.54) is 17.7 Å². The van der Waals surface area contributed by atoms with Gasteiger partial charge in [-0.05, 0) is 73.9 Å². The van der Waals surface area contributed by atoms with Gasteiger partial charge in [0.2, 0.25) is 0 Å². The maximum atomic E-state index is 12.9. The molecule has 0 aliphatic heterocycles. The van der Waals surface area contributed by atoms with Crippen LogP contribution in [-0.2, 0) is 6.18 Å². The van der Waals surface area contributed by atoms with E-state index in [2.05, 4.69) is 64.4 Å². The molecule has 34 heavy (non-hydrogen) atoms. The van der Waals surface area contributed by atoms with Crippen molar-refractivity contribution in [2.24, 2.45) is 22.7 Å². The summed E-state index contributed by atoms with van der Waals surface area (Å²) in [6.07, 6.45) is 11.1. The largest absolute Gasteiger partial charge is 0.416 e. The zero-order valence-corrected chi connectivity index (χ0v) is 21.1. The molecular formula is C30H38F3N. The van der Waals surface area contributed by atoms with Gasteiger partial charge >= 0.3 is 6.18 Å². The summed E-state index contributed by atoms with van der Waals surface area (Å²) in [7, 11) is 2.04. The highest BCUT2D eigenvalue weighted by Gasteiger charge is 2.62. The number of hydrogen-bond donors (Lipinski definition) is 1. The molecule has 3 rings (SSSR count). The molecule has 0 spiro atoms. The zero-order valence-electron chi connectivity index (χ0n) is 21.1. The maximum Gasteiger partial charge on any atom is 0.416 e. The van der Waals surface area contributed by atoms with Gasteiger partial charge in [-0.1, -0.05) is 75.9 Å². The Morgan fingerprint density at radius 1 is 1.21 bits per heavy atom. The van der Waals surface area contributed by atoms with Gasteiger partial charge in [0, 0.05) is 16.4 Å². The molecule has 1 aromatic carbocycles. The Labute approximate surface area is 203 Å². The predicted molar refractivity (Wildman–Crippen MR) is 137 cm³/mol. The number of nitrogens with one attached hydrogen (secondary N) is 1. The average molecular weight is 470 g/mol. The number of alkyl halides is 3. The SMILES string of the molecule is C=CCC(C)(C(=C)C=Cc1ccc(C(F)(F)F)cc1)C1(C)C2C(=CCC1(C)NC)C=CCC2C. The first-order valence-corrected chi connectivity index (χ1v) is 12.0. The smallest absolute Gasteiger partial charge is 0.314 e. The van der Waals surface area contributed by atoms with Gasteiger partial charge in [0.05, 0.1) is 5.56 Å². The molecule has 0 fully saturated rings. The minimum absolute atomic E-state index is 0.177. The van der Waals surface area contributed by atoms with Crippen molar-refractivity contribution in [3.63, 3.8) is 0 Å². The van der Waals surface area contributed by atoms with Gasteiger partial charge in [-0.2, -0.15) is 13.2 Å². The number of hydrogen-bond acceptors (Lipinski definition) is 1. The van der Waals surface area contributed by atoms with Crippen molar-refractivity contribution >= 4 is 6.08 Å². The standard InChI is InChI=1S/C30H38F3N/c1-8-19-27(4,22(3)12-13-23-14-16-25(17-15-23)30(31,32)33)29(6)26-21(2)10-9-11-24(26)18-20-28(29,5)34-7/h8-9,11-18,21,26,34H,1,3,10,19-20H2,2,4-7H3. The van der Waals surface area contributed by atoms with Crippen LogP contribution in [0, 0.1) is 22.7 Å². The molecule has 0 saturated heterocycles. The van der Waals surface area contributed by atoms with Crippen LogP contribution >= 0.6 is 0 Å². The van der Waals surface area contributed by atoms with Gasteiger partial charge < -0.3 is 5.32 Å². The second kappa shape index (κ2) is 9.37. The minimum atomic E-state index is -4.34. The molecule has 0 amide bonds. The minimum Gasteiger partial charge on any atom is -0.314 e. The second-order valence-electron chi connectivity index (χ2n) is 10.6. The van der Waals surface area contributed by atoms with Gasteiger partial charge in [0.25, 0.3) is 0 Å². The highest BCUT2D eigenvalue weighted by atomic mass is 19.4. The average Bonchev–Trinajstić information content (AvgIpc) is 2.79. The first-order valence-electron chi connectivity index (χ1n) is 12.0. The van der Waals surface area contributed by atoms with E-state index in [9.17, 15) is 13.2 Å². The fraction of sp³-hybridized carbons (Fsp3) is 0.467. The predicted octanol–water partition coefficient (Wildman–Crippen LogP) is 8.38. The van der Waals surface area contributed by atoms with Crippen molar-refractivity contribution in [1.29, 1.82) is 0 Å². The molecule has 1 N–H and O–H groups in total. The Morgan fingerprint density at radius 2 is 1.85 bits per heavy atom. The van der Waals surface area contributed by atoms with E-state index in [4.69, 9.17) is 0 Å². The number of allylic oxidation sites excluding steroid dienone is 6. The molecule has 184 valence electrons. The fourth-order valence-corrected chi connectivity index (χ4v) is 6.40. The molecule has 5 unspecified atom stereocenters. The molecule has 1 aromatic rings. The summed E-state index contributed by atoms with van der Waals surface area (Å²) < 4.78 is 38.8. The summed E-state index contributed by atoms with van der Waals surface area (Å²) in [4.78, 5) is 0. The monoisotopic (exact) mass is 469 g/mol. The van der Waals surface area contributed by atoms with Crippen LogP contribution in [0.2, 0.25) is 0 Å². The molecule has 1 nitrogen and oxygen atoms in total. The third kappa shape index (κ3) is 4.26. The van der Waals surface area contributed by atoms with Crippen molar-refractivity contribution in [1.82, 2.24) is 5.32 Å². The first kappa shape index (κ1) is 26.3. The molecule has 0 bridgehead atoms. The molecule has 4 heteroatoms. The normalized spacial score (nSPS) is 31.0. The van der Waals surface area contributed by atoms with Crippen LogP contribution in [-0.4, -0.2) is 12.6 Å². The van der Waals surface area contributed by atoms with Crippen LogP contribution in [0.4, 0.5) is 13.2 Å². The van der Waals surface area contributed by atoms with E-state index >= 15 is 0 Å². The summed E-state index contributed by atoms with van der Waals surface area (Å²) in [5.41, 5.74) is 1.72. The van der Waals surface area contributed by atoms with E-state index in [1.807, 2.05) is 25.3 Å². The summed E-state index contributed by atoms with van der Waals surface area (Å²) in [6, 6.07) is 5.26.